The minimum Gasteiger partial charge on any atom is -0.392 e. The van der Waals surface area contributed by atoms with E-state index in [1.165, 1.54) is 6.07 Å². The van der Waals surface area contributed by atoms with Crippen LogP contribution in [0, 0.1) is 11.7 Å². The van der Waals surface area contributed by atoms with Crippen molar-refractivity contribution in [1.82, 2.24) is 9.62 Å². The lowest BCUT2D eigenvalue weighted by molar-refractivity contribution is 0.188. The molecule has 2 rings (SSSR count). The summed E-state index contributed by atoms with van der Waals surface area (Å²) in [6, 6.07) is 3.21. The third-order valence-corrected chi connectivity index (χ3v) is 5.48. The quantitative estimate of drug-likeness (QED) is 0.867. The monoisotopic (exact) mass is 316 g/mol. The minimum absolute atomic E-state index is 0.171. The first-order valence-corrected chi connectivity index (χ1v) is 8.42. The summed E-state index contributed by atoms with van der Waals surface area (Å²) in [6.45, 7) is 3.16. The van der Waals surface area contributed by atoms with Gasteiger partial charge < -0.3 is 10.0 Å². The summed E-state index contributed by atoms with van der Waals surface area (Å²) in [4.78, 5) is 1.97. The molecule has 118 valence electrons. The lowest BCUT2D eigenvalue weighted by Crippen LogP contribution is -2.48. The van der Waals surface area contributed by atoms with Crippen LogP contribution >= 0.6 is 0 Å². The molecule has 2 unspecified atom stereocenters. The smallest absolute Gasteiger partial charge is 0.241 e. The molecule has 21 heavy (non-hydrogen) atoms. The zero-order valence-electron chi connectivity index (χ0n) is 12.2. The van der Waals surface area contributed by atoms with Crippen molar-refractivity contribution in [2.24, 2.45) is 5.92 Å². The topological polar surface area (TPSA) is 69.6 Å². The van der Waals surface area contributed by atoms with Crippen LogP contribution < -0.4 is 4.72 Å². The fourth-order valence-electron chi connectivity index (χ4n) is 2.70. The van der Waals surface area contributed by atoms with Gasteiger partial charge in [0.1, 0.15) is 5.82 Å². The van der Waals surface area contributed by atoms with E-state index >= 15 is 0 Å². The van der Waals surface area contributed by atoms with E-state index in [1.54, 1.807) is 0 Å². The Bertz CT molecular complexity index is 606. The van der Waals surface area contributed by atoms with E-state index in [-0.39, 0.29) is 22.4 Å². The molecule has 1 aromatic carbocycles. The third kappa shape index (κ3) is 3.79. The van der Waals surface area contributed by atoms with E-state index in [1.807, 2.05) is 14.0 Å². The highest BCUT2D eigenvalue weighted by molar-refractivity contribution is 7.89. The number of hydrogen-bond donors (Lipinski definition) is 2. The van der Waals surface area contributed by atoms with Gasteiger partial charge in [-0.3, -0.25) is 0 Å². The van der Waals surface area contributed by atoms with E-state index < -0.39 is 22.4 Å². The molecule has 0 bridgehead atoms. The van der Waals surface area contributed by atoms with Crippen LogP contribution in [0.3, 0.4) is 0 Å². The average Bonchev–Trinajstić information content (AvgIpc) is 2.42. The molecule has 0 radical (unpaired) electrons. The second-order valence-electron chi connectivity index (χ2n) is 5.67. The Morgan fingerprint density at radius 3 is 2.81 bits per heavy atom. The van der Waals surface area contributed by atoms with Crippen molar-refractivity contribution in [3.63, 3.8) is 0 Å². The predicted molar refractivity (Wildman–Crippen MR) is 77.7 cm³/mol. The summed E-state index contributed by atoms with van der Waals surface area (Å²) in [6.07, 6.45) is 0.709. The van der Waals surface area contributed by atoms with E-state index in [0.717, 1.165) is 25.2 Å². The van der Waals surface area contributed by atoms with Crippen LogP contribution in [0.1, 0.15) is 18.9 Å². The maximum absolute atomic E-state index is 13.3. The van der Waals surface area contributed by atoms with Gasteiger partial charge in [0.15, 0.2) is 0 Å². The summed E-state index contributed by atoms with van der Waals surface area (Å²) < 4.78 is 40.9. The van der Waals surface area contributed by atoms with Crippen molar-refractivity contribution < 1.29 is 17.9 Å². The first-order valence-electron chi connectivity index (χ1n) is 6.93. The number of likely N-dealkylation sites (tertiary alicyclic amines) is 1. The molecule has 1 heterocycles. The number of sulfonamides is 1. The Morgan fingerprint density at radius 2 is 2.19 bits per heavy atom. The SMILES string of the molecule is CC1CN(C)CCC1NS(=O)(=O)c1cc(F)ccc1CO. The molecule has 1 saturated heterocycles. The average molecular weight is 316 g/mol. The molecule has 1 aliphatic rings. The summed E-state index contributed by atoms with van der Waals surface area (Å²) in [5.74, 6) is -0.464. The van der Waals surface area contributed by atoms with Crippen LogP contribution in [0.2, 0.25) is 0 Å². The van der Waals surface area contributed by atoms with E-state index in [4.69, 9.17) is 0 Å². The second-order valence-corrected chi connectivity index (χ2v) is 7.35. The maximum atomic E-state index is 13.3. The Kier molecular flexibility index (Phi) is 4.98. The predicted octanol–water partition coefficient (Wildman–Crippen LogP) is 0.936. The zero-order chi connectivity index (χ0) is 15.6. The number of aliphatic hydroxyl groups excluding tert-OH is 1. The van der Waals surface area contributed by atoms with Gasteiger partial charge in [-0.15, -0.1) is 0 Å². The number of aliphatic hydroxyl groups is 1. The number of piperidine rings is 1. The summed E-state index contributed by atoms with van der Waals surface area (Å²) in [7, 11) is -1.85. The van der Waals surface area contributed by atoms with Gasteiger partial charge in [0.2, 0.25) is 10.0 Å². The lowest BCUT2D eigenvalue weighted by atomic mass is 9.95. The number of benzene rings is 1. The van der Waals surface area contributed by atoms with Gasteiger partial charge in [-0.2, -0.15) is 0 Å². The molecule has 2 atom stereocenters. The van der Waals surface area contributed by atoms with Crippen LogP contribution in [-0.4, -0.2) is 44.6 Å². The molecule has 7 heteroatoms. The van der Waals surface area contributed by atoms with Gasteiger partial charge in [-0.1, -0.05) is 13.0 Å². The standard InChI is InChI=1S/C14H21FN2O3S/c1-10-8-17(2)6-5-13(10)16-21(19,20)14-7-12(15)4-3-11(14)9-18/h3-4,7,10,13,16,18H,5-6,8-9H2,1-2H3. The van der Waals surface area contributed by atoms with E-state index in [9.17, 15) is 17.9 Å². The molecule has 1 aliphatic heterocycles. The van der Waals surface area contributed by atoms with Gasteiger partial charge in [-0.25, -0.2) is 17.5 Å². The Labute approximate surface area is 124 Å². The first-order chi connectivity index (χ1) is 9.83. The Morgan fingerprint density at radius 1 is 1.48 bits per heavy atom. The molecule has 0 spiro atoms. The number of nitrogens with one attached hydrogen (secondary N) is 1. The Balaban J connectivity index is 2.24. The van der Waals surface area contributed by atoms with Crippen LogP contribution in [0.4, 0.5) is 4.39 Å². The Hall–Kier alpha value is -1.02. The normalized spacial score (nSPS) is 24.2. The number of rotatable bonds is 4. The van der Waals surface area contributed by atoms with E-state index in [0.29, 0.717) is 6.42 Å². The largest absolute Gasteiger partial charge is 0.392 e. The van der Waals surface area contributed by atoms with Crippen molar-refractivity contribution >= 4 is 10.0 Å². The third-order valence-electron chi connectivity index (χ3n) is 3.90. The molecule has 1 fully saturated rings. The zero-order valence-corrected chi connectivity index (χ0v) is 13.0. The van der Waals surface area contributed by atoms with Crippen LogP contribution in [0.15, 0.2) is 23.1 Å². The molecule has 1 aromatic rings. The molecule has 0 aliphatic carbocycles. The lowest BCUT2D eigenvalue weighted by Gasteiger charge is -2.35. The highest BCUT2D eigenvalue weighted by Gasteiger charge is 2.29. The van der Waals surface area contributed by atoms with Gasteiger partial charge in [-0.05, 0) is 43.6 Å². The molecule has 0 saturated carbocycles. The maximum Gasteiger partial charge on any atom is 0.241 e. The number of nitrogens with zero attached hydrogens (tertiary/aromatic N) is 1. The first kappa shape index (κ1) is 16.4. The minimum atomic E-state index is -3.84. The van der Waals surface area contributed by atoms with E-state index in [2.05, 4.69) is 9.62 Å². The van der Waals surface area contributed by atoms with Crippen molar-refractivity contribution in [3.8, 4) is 0 Å². The van der Waals surface area contributed by atoms with Crippen molar-refractivity contribution in [2.75, 3.05) is 20.1 Å². The molecule has 0 amide bonds. The highest BCUT2D eigenvalue weighted by Crippen LogP contribution is 2.21. The molecular formula is C14H21FN2O3S. The van der Waals surface area contributed by atoms with Crippen molar-refractivity contribution in [2.45, 2.75) is 30.9 Å². The fraction of sp³-hybridized carbons (Fsp3) is 0.571. The highest BCUT2D eigenvalue weighted by atomic mass is 32.2. The van der Waals surface area contributed by atoms with Crippen molar-refractivity contribution in [1.29, 1.82) is 0 Å². The van der Waals surface area contributed by atoms with Gasteiger partial charge in [0.05, 0.1) is 11.5 Å². The number of halogens is 1. The molecular weight excluding hydrogens is 295 g/mol. The molecule has 0 aromatic heterocycles. The number of hydrogen-bond acceptors (Lipinski definition) is 4. The van der Waals surface area contributed by atoms with Crippen LogP contribution in [-0.2, 0) is 16.6 Å². The fourth-order valence-corrected chi connectivity index (χ4v) is 4.32. The van der Waals surface area contributed by atoms with Gasteiger partial charge in [0.25, 0.3) is 0 Å². The van der Waals surface area contributed by atoms with Crippen LogP contribution in [0.25, 0.3) is 0 Å². The molecule has 5 nitrogen and oxygen atoms in total. The van der Waals surface area contributed by atoms with Gasteiger partial charge >= 0.3 is 0 Å². The summed E-state index contributed by atoms with van der Waals surface area (Å²) in [5.41, 5.74) is 0.199. The van der Waals surface area contributed by atoms with Crippen molar-refractivity contribution in [3.05, 3.63) is 29.6 Å². The molecule has 2 N–H and O–H groups in total. The van der Waals surface area contributed by atoms with Gasteiger partial charge in [0, 0.05) is 12.6 Å². The second kappa shape index (κ2) is 6.39. The summed E-state index contributed by atoms with van der Waals surface area (Å²) >= 11 is 0. The van der Waals surface area contributed by atoms with Crippen LogP contribution in [0.5, 0.6) is 0 Å². The summed E-state index contributed by atoms with van der Waals surface area (Å²) in [5, 5.41) is 9.24.